The molecule has 0 radical (unpaired) electrons. The van der Waals surface area contributed by atoms with Crippen LogP contribution in [0.5, 0.6) is 0 Å². The van der Waals surface area contributed by atoms with E-state index >= 15 is 0 Å². The summed E-state index contributed by atoms with van der Waals surface area (Å²) in [6.07, 6.45) is 2.23. The Labute approximate surface area is 118 Å². The van der Waals surface area contributed by atoms with Gasteiger partial charge in [-0.3, -0.25) is 4.68 Å². The molecular formula is C9H19N5O4S2. The molecule has 0 atom stereocenters. The van der Waals surface area contributed by atoms with E-state index in [4.69, 9.17) is 10.9 Å². The summed E-state index contributed by atoms with van der Waals surface area (Å²) in [4.78, 5) is -0.110. The van der Waals surface area contributed by atoms with E-state index in [1.165, 1.54) is 10.9 Å². The van der Waals surface area contributed by atoms with Crippen LogP contribution in [-0.4, -0.2) is 38.9 Å². The van der Waals surface area contributed by atoms with Crippen molar-refractivity contribution in [2.75, 3.05) is 18.0 Å². The molecule has 0 saturated heterocycles. The number of aromatic nitrogens is 2. The molecule has 9 nitrogen and oxygen atoms in total. The summed E-state index contributed by atoms with van der Waals surface area (Å²) in [5, 5.41) is 8.71. The third kappa shape index (κ3) is 5.07. The SMILES string of the molecule is CCCn1cc(S(=O)(=O)NCCCS(N)(=O)=O)c(N)n1. The topological polar surface area (TPSA) is 150 Å². The normalized spacial score (nSPS) is 12.7. The zero-order valence-electron chi connectivity index (χ0n) is 11.1. The van der Waals surface area contributed by atoms with Gasteiger partial charge < -0.3 is 5.73 Å². The maximum atomic E-state index is 12.0. The van der Waals surface area contributed by atoms with Crippen molar-refractivity contribution in [1.82, 2.24) is 14.5 Å². The van der Waals surface area contributed by atoms with Gasteiger partial charge in [0.25, 0.3) is 0 Å². The summed E-state index contributed by atoms with van der Waals surface area (Å²) < 4.78 is 49.1. The Bertz CT molecular complexity index is 650. The zero-order chi connectivity index (χ0) is 15.4. The van der Waals surface area contributed by atoms with E-state index in [2.05, 4.69) is 9.82 Å². The number of aryl methyl sites for hydroxylation is 1. The third-order valence-corrected chi connectivity index (χ3v) is 4.73. The largest absolute Gasteiger partial charge is 0.381 e. The molecule has 20 heavy (non-hydrogen) atoms. The lowest BCUT2D eigenvalue weighted by atomic mass is 10.5. The predicted octanol–water partition coefficient (Wildman–Crippen LogP) is -1.17. The van der Waals surface area contributed by atoms with Crippen molar-refractivity contribution in [3.8, 4) is 0 Å². The van der Waals surface area contributed by atoms with Crippen molar-refractivity contribution >= 4 is 25.9 Å². The summed E-state index contributed by atoms with van der Waals surface area (Å²) in [5.41, 5.74) is 5.56. The highest BCUT2D eigenvalue weighted by atomic mass is 32.2. The zero-order valence-corrected chi connectivity index (χ0v) is 12.7. The molecule has 0 aliphatic heterocycles. The molecule has 116 valence electrons. The first kappa shape index (κ1) is 16.9. The van der Waals surface area contributed by atoms with Crippen LogP contribution >= 0.6 is 0 Å². The van der Waals surface area contributed by atoms with Crippen LogP contribution < -0.4 is 15.6 Å². The third-order valence-electron chi connectivity index (χ3n) is 2.39. The van der Waals surface area contributed by atoms with Crippen molar-refractivity contribution < 1.29 is 16.8 Å². The lowest BCUT2D eigenvalue weighted by Gasteiger charge is -2.04. The number of nitrogens with one attached hydrogen (secondary N) is 1. The molecule has 0 aromatic carbocycles. The summed E-state index contributed by atoms with van der Waals surface area (Å²) in [6.45, 7) is 2.44. The number of primary sulfonamides is 1. The Morgan fingerprint density at radius 1 is 1.35 bits per heavy atom. The molecule has 0 amide bonds. The van der Waals surface area contributed by atoms with E-state index in [-0.39, 0.29) is 29.4 Å². The second-order valence-corrected chi connectivity index (χ2v) is 7.73. The summed E-state index contributed by atoms with van der Waals surface area (Å²) >= 11 is 0. The van der Waals surface area contributed by atoms with E-state index in [0.717, 1.165) is 6.42 Å². The minimum atomic E-state index is -3.80. The Kier molecular flexibility index (Phi) is 5.50. The second kappa shape index (κ2) is 6.52. The minimum Gasteiger partial charge on any atom is -0.381 e. The average molecular weight is 325 g/mol. The van der Waals surface area contributed by atoms with Crippen molar-refractivity contribution in [2.45, 2.75) is 31.2 Å². The number of anilines is 1. The molecular weight excluding hydrogens is 306 g/mol. The number of sulfonamides is 2. The van der Waals surface area contributed by atoms with Gasteiger partial charge in [-0.25, -0.2) is 26.7 Å². The first-order chi connectivity index (χ1) is 9.15. The molecule has 0 aliphatic rings. The highest BCUT2D eigenvalue weighted by Crippen LogP contribution is 2.16. The van der Waals surface area contributed by atoms with Crippen LogP contribution in [0.2, 0.25) is 0 Å². The lowest BCUT2D eigenvalue weighted by molar-refractivity contribution is 0.575. The summed E-state index contributed by atoms with van der Waals surface area (Å²) in [7, 11) is -7.39. The fourth-order valence-electron chi connectivity index (χ4n) is 1.53. The molecule has 0 bridgehead atoms. The average Bonchev–Trinajstić information content (AvgIpc) is 2.66. The molecule has 0 spiro atoms. The van der Waals surface area contributed by atoms with E-state index < -0.39 is 20.0 Å². The molecule has 0 saturated carbocycles. The van der Waals surface area contributed by atoms with E-state index in [9.17, 15) is 16.8 Å². The summed E-state index contributed by atoms with van der Waals surface area (Å²) in [6, 6.07) is 0. The Morgan fingerprint density at radius 2 is 2.00 bits per heavy atom. The van der Waals surface area contributed by atoms with Gasteiger partial charge in [-0.2, -0.15) is 5.10 Å². The van der Waals surface area contributed by atoms with E-state index in [1.54, 1.807) is 0 Å². The molecule has 1 heterocycles. The van der Waals surface area contributed by atoms with Gasteiger partial charge >= 0.3 is 0 Å². The van der Waals surface area contributed by atoms with Gasteiger partial charge in [0.05, 0.1) is 5.75 Å². The van der Waals surface area contributed by atoms with Gasteiger partial charge in [0.2, 0.25) is 20.0 Å². The Hall–Kier alpha value is -1.17. The van der Waals surface area contributed by atoms with Gasteiger partial charge in [0, 0.05) is 19.3 Å². The quantitative estimate of drug-likeness (QED) is 0.513. The Morgan fingerprint density at radius 3 is 2.55 bits per heavy atom. The fourth-order valence-corrected chi connectivity index (χ4v) is 3.22. The number of rotatable bonds is 8. The van der Waals surface area contributed by atoms with Crippen LogP contribution in [-0.2, 0) is 26.6 Å². The first-order valence-electron chi connectivity index (χ1n) is 5.99. The first-order valence-corrected chi connectivity index (χ1v) is 9.18. The minimum absolute atomic E-state index is 0.0445. The number of hydrogen-bond acceptors (Lipinski definition) is 6. The van der Waals surface area contributed by atoms with Gasteiger partial charge in [-0.15, -0.1) is 0 Å². The molecule has 1 aromatic heterocycles. The van der Waals surface area contributed by atoms with Crippen molar-refractivity contribution in [2.24, 2.45) is 5.14 Å². The Balaban J connectivity index is 2.69. The van der Waals surface area contributed by atoms with Crippen LogP contribution in [0, 0.1) is 0 Å². The maximum absolute atomic E-state index is 12.0. The standard InChI is InChI=1S/C9H19N5O4S2/c1-2-5-14-7-8(9(10)13-14)20(17,18)12-4-3-6-19(11,15)16/h7,12H,2-6H2,1H3,(H2,10,13)(H2,11,15,16). The monoisotopic (exact) mass is 325 g/mol. The molecule has 1 aromatic rings. The van der Waals surface area contributed by atoms with Crippen LogP contribution in [0.3, 0.4) is 0 Å². The second-order valence-electron chi connectivity index (χ2n) is 4.26. The highest BCUT2D eigenvalue weighted by Gasteiger charge is 2.20. The van der Waals surface area contributed by atoms with Crippen LogP contribution in [0.25, 0.3) is 0 Å². The summed E-state index contributed by atoms with van der Waals surface area (Å²) in [5.74, 6) is -0.377. The number of nitrogens with zero attached hydrogens (tertiary/aromatic N) is 2. The van der Waals surface area contributed by atoms with Crippen molar-refractivity contribution in [3.05, 3.63) is 6.20 Å². The van der Waals surface area contributed by atoms with Crippen molar-refractivity contribution in [1.29, 1.82) is 0 Å². The molecule has 5 N–H and O–H groups in total. The van der Waals surface area contributed by atoms with Crippen LogP contribution in [0.4, 0.5) is 5.82 Å². The highest BCUT2D eigenvalue weighted by molar-refractivity contribution is 7.89. The van der Waals surface area contributed by atoms with Gasteiger partial charge in [0.15, 0.2) is 5.82 Å². The number of nitrogens with two attached hydrogens (primary N) is 2. The van der Waals surface area contributed by atoms with Crippen LogP contribution in [0.15, 0.2) is 11.1 Å². The molecule has 0 unspecified atom stereocenters. The number of nitrogen functional groups attached to an aromatic ring is 1. The van der Waals surface area contributed by atoms with Crippen molar-refractivity contribution in [3.63, 3.8) is 0 Å². The van der Waals surface area contributed by atoms with Gasteiger partial charge in [0.1, 0.15) is 4.90 Å². The fraction of sp³-hybridized carbons (Fsp3) is 0.667. The number of hydrogen-bond donors (Lipinski definition) is 3. The molecule has 0 fully saturated rings. The molecule has 0 aliphatic carbocycles. The van der Waals surface area contributed by atoms with E-state index in [1.807, 2.05) is 6.92 Å². The van der Waals surface area contributed by atoms with Gasteiger partial charge in [-0.1, -0.05) is 6.92 Å². The smallest absolute Gasteiger partial charge is 0.245 e. The maximum Gasteiger partial charge on any atom is 0.245 e. The molecule has 11 heteroatoms. The molecule has 1 rings (SSSR count). The predicted molar refractivity (Wildman–Crippen MR) is 74.7 cm³/mol. The van der Waals surface area contributed by atoms with Crippen LogP contribution in [0.1, 0.15) is 19.8 Å². The lowest BCUT2D eigenvalue weighted by Crippen LogP contribution is -2.27. The van der Waals surface area contributed by atoms with Gasteiger partial charge in [-0.05, 0) is 12.8 Å². The van der Waals surface area contributed by atoms with E-state index in [0.29, 0.717) is 6.54 Å².